The molecule has 0 aliphatic rings. The van der Waals surface area contributed by atoms with Crippen LogP contribution in [0.3, 0.4) is 0 Å². The van der Waals surface area contributed by atoms with Crippen molar-refractivity contribution in [3.8, 4) is 6.01 Å². The first-order valence-electron chi connectivity index (χ1n) is 6.95. The molecule has 2 rings (SSSR count). The van der Waals surface area contributed by atoms with Gasteiger partial charge in [-0.05, 0) is 25.3 Å². The average Bonchev–Trinajstić information content (AvgIpc) is 2.53. The third-order valence-corrected chi connectivity index (χ3v) is 2.79. The van der Waals surface area contributed by atoms with E-state index in [1.54, 1.807) is 0 Å². The Labute approximate surface area is 123 Å². The zero-order chi connectivity index (χ0) is 14.9. The van der Waals surface area contributed by atoms with Crippen LogP contribution in [0.4, 0.5) is 11.9 Å². The second-order valence-electron chi connectivity index (χ2n) is 4.36. The number of nitrogens with one attached hydrogen (secondary N) is 2. The fourth-order valence-corrected chi connectivity index (χ4v) is 1.83. The molecule has 7 nitrogen and oxygen atoms in total. The molecule has 0 fully saturated rings. The van der Waals surface area contributed by atoms with E-state index in [0.717, 1.165) is 19.4 Å². The summed E-state index contributed by atoms with van der Waals surface area (Å²) in [5.41, 5.74) is 3.71. The molecule has 4 N–H and O–H groups in total. The molecule has 21 heavy (non-hydrogen) atoms. The number of benzene rings is 1. The van der Waals surface area contributed by atoms with E-state index in [2.05, 4.69) is 37.8 Å². The van der Waals surface area contributed by atoms with Crippen LogP contribution in [0.25, 0.3) is 0 Å². The van der Waals surface area contributed by atoms with Crippen molar-refractivity contribution in [3.63, 3.8) is 0 Å². The molecule has 0 aliphatic heterocycles. The minimum Gasteiger partial charge on any atom is -0.464 e. The van der Waals surface area contributed by atoms with Gasteiger partial charge in [0, 0.05) is 6.54 Å². The van der Waals surface area contributed by atoms with Crippen molar-refractivity contribution in [2.24, 2.45) is 5.84 Å². The van der Waals surface area contributed by atoms with Gasteiger partial charge in [0.15, 0.2) is 0 Å². The van der Waals surface area contributed by atoms with Crippen LogP contribution in [0.1, 0.15) is 18.9 Å². The van der Waals surface area contributed by atoms with E-state index in [0.29, 0.717) is 12.6 Å². The van der Waals surface area contributed by atoms with E-state index in [1.165, 1.54) is 5.56 Å². The van der Waals surface area contributed by atoms with Gasteiger partial charge in [-0.25, -0.2) is 5.84 Å². The lowest BCUT2D eigenvalue weighted by Crippen LogP contribution is -2.15. The molecule has 0 amide bonds. The Morgan fingerprint density at radius 1 is 1.10 bits per heavy atom. The molecule has 0 atom stereocenters. The highest BCUT2D eigenvalue weighted by Crippen LogP contribution is 2.10. The number of hydrogen-bond acceptors (Lipinski definition) is 7. The summed E-state index contributed by atoms with van der Waals surface area (Å²) in [7, 11) is 0. The summed E-state index contributed by atoms with van der Waals surface area (Å²) in [6.45, 7) is 3.11. The number of rotatable bonds is 8. The second kappa shape index (κ2) is 8.01. The predicted octanol–water partition coefficient (Wildman–Crippen LogP) is 1.60. The molecule has 1 heterocycles. The molecule has 0 saturated carbocycles. The van der Waals surface area contributed by atoms with E-state index in [4.69, 9.17) is 10.6 Å². The molecule has 7 heteroatoms. The Balaban J connectivity index is 1.86. The molecule has 2 aromatic rings. The van der Waals surface area contributed by atoms with E-state index in [-0.39, 0.29) is 12.0 Å². The van der Waals surface area contributed by atoms with Crippen LogP contribution in [-0.2, 0) is 6.42 Å². The van der Waals surface area contributed by atoms with E-state index in [1.807, 2.05) is 25.1 Å². The third kappa shape index (κ3) is 4.88. The standard InChI is InChI=1S/C14H20N6O/c1-2-21-14-18-12(17-13(19-14)20-15)16-10-6-9-11-7-4-3-5-8-11/h3-5,7-8H,2,6,9-10,15H2,1H3,(H2,16,17,18,19,20). The zero-order valence-electron chi connectivity index (χ0n) is 12.0. The summed E-state index contributed by atoms with van der Waals surface area (Å²) in [4.78, 5) is 12.3. The third-order valence-electron chi connectivity index (χ3n) is 2.79. The quantitative estimate of drug-likeness (QED) is 0.385. The van der Waals surface area contributed by atoms with Gasteiger partial charge in [-0.2, -0.15) is 15.0 Å². The lowest BCUT2D eigenvalue weighted by atomic mass is 10.1. The van der Waals surface area contributed by atoms with Crippen molar-refractivity contribution in [1.82, 2.24) is 15.0 Å². The molecule has 0 unspecified atom stereocenters. The molecule has 1 aromatic heterocycles. The number of nitrogens with zero attached hydrogens (tertiary/aromatic N) is 3. The number of aryl methyl sites for hydroxylation is 1. The fraction of sp³-hybridized carbons (Fsp3) is 0.357. The first kappa shape index (κ1) is 15.0. The first-order chi connectivity index (χ1) is 10.3. The van der Waals surface area contributed by atoms with Gasteiger partial charge in [0.05, 0.1) is 6.61 Å². The molecule has 0 spiro atoms. The lowest BCUT2D eigenvalue weighted by molar-refractivity contribution is 0.312. The summed E-state index contributed by atoms with van der Waals surface area (Å²) in [6.07, 6.45) is 1.98. The Bertz CT molecular complexity index is 548. The topological polar surface area (TPSA) is 98.0 Å². The van der Waals surface area contributed by atoms with Crippen molar-refractivity contribution >= 4 is 11.9 Å². The summed E-state index contributed by atoms with van der Waals surface area (Å²) >= 11 is 0. The maximum atomic E-state index is 5.33. The van der Waals surface area contributed by atoms with Gasteiger partial charge in [0.25, 0.3) is 0 Å². The number of nitrogens with two attached hydrogens (primary N) is 1. The Morgan fingerprint density at radius 2 is 1.86 bits per heavy atom. The fourth-order valence-electron chi connectivity index (χ4n) is 1.83. The summed E-state index contributed by atoms with van der Waals surface area (Å²) in [6, 6.07) is 10.6. The highest BCUT2D eigenvalue weighted by atomic mass is 16.5. The van der Waals surface area contributed by atoms with Crippen LogP contribution < -0.4 is 21.3 Å². The number of nitrogen functional groups attached to an aromatic ring is 1. The lowest BCUT2D eigenvalue weighted by Gasteiger charge is -2.08. The highest BCUT2D eigenvalue weighted by molar-refractivity contribution is 5.34. The highest BCUT2D eigenvalue weighted by Gasteiger charge is 2.05. The smallest absolute Gasteiger partial charge is 0.323 e. The molecule has 0 aliphatic carbocycles. The van der Waals surface area contributed by atoms with E-state index in [9.17, 15) is 0 Å². The number of aromatic nitrogens is 3. The summed E-state index contributed by atoms with van der Waals surface area (Å²) < 4.78 is 5.27. The summed E-state index contributed by atoms with van der Waals surface area (Å²) in [5, 5.41) is 3.15. The van der Waals surface area contributed by atoms with Crippen LogP contribution in [-0.4, -0.2) is 28.1 Å². The molecular formula is C14H20N6O. The second-order valence-corrected chi connectivity index (χ2v) is 4.36. The van der Waals surface area contributed by atoms with Gasteiger partial charge in [-0.3, -0.25) is 5.43 Å². The molecule has 112 valence electrons. The van der Waals surface area contributed by atoms with Crippen molar-refractivity contribution in [1.29, 1.82) is 0 Å². The molecule has 0 radical (unpaired) electrons. The monoisotopic (exact) mass is 288 g/mol. The largest absolute Gasteiger partial charge is 0.464 e. The van der Waals surface area contributed by atoms with Crippen LogP contribution >= 0.6 is 0 Å². The number of hydrogen-bond donors (Lipinski definition) is 3. The number of anilines is 2. The summed E-state index contributed by atoms with van der Waals surface area (Å²) in [5.74, 6) is 6.06. The van der Waals surface area contributed by atoms with Crippen molar-refractivity contribution in [2.75, 3.05) is 23.9 Å². The zero-order valence-corrected chi connectivity index (χ0v) is 12.0. The molecule has 0 bridgehead atoms. The molecular weight excluding hydrogens is 268 g/mol. The van der Waals surface area contributed by atoms with Crippen molar-refractivity contribution < 1.29 is 4.74 Å². The van der Waals surface area contributed by atoms with Crippen molar-refractivity contribution in [3.05, 3.63) is 35.9 Å². The molecule has 1 aromatic carbocycles. The van der Waals surface area contributed by atoms with Crippen LogP contribution in [0, 0.1) is 0 Å². The minimum absolute atomic E-state index is 0.256. The van der Waals surface area contributed by atoms with Gasteiger partial charge in [0.1, 0.15) is 0 Å². The Morgan fingerprint density at radius 3 is 2.57 bits per heavy atom. The van der Waals surface area contributed by atoms with Crippen molar-refractivity contribution in [2.45, 2.75) is 19.8 Å². The maximum Gasteiger partial charge on any atom is 0.323 e. The van der Waals surface area contributed by atoms with Gasteiger partial charge < -0.3 is 10.1 Å². The number of ether oxygens (including phenoxy) is 1. The van der Waals surface area contributed by atoms with Gasteiger partial charge >= 0.3 is 6.01 Å². The van der Waals surface area contributed by atoms with Crippen LogP contribution in [0.5, 0.6) is 6.01 Å². The predicted molar refractivity (Wildman–Crippen MR) is 82.1 cm³/mol. The number of hydrazine groups is 1. The average molecular weight is 288 g/mol. The first-order valence-corrected chi connectivity index (χ1v) is 6.95. The van der Waals surface area contributed by atoms with Gasteiger partial charge in [0.2, 0.25) is 11.9 Å². The SMILES string of the molecule is CCOc1nc(NN)nc(NCCCc2ccccc2)n1. The Hall–Kier alpha value is -2.41. The van der Waals surface area contributed by atoms with Crippen LogP contribution in [0.2, 0.25) is 0 Å². The minimum atomic E-state index is 0.256. The molecule has 0 saturated heterocycles. The van der Waals surface area contributed by atoms with Gasteiger partial charge in [-0.15, -0.1) is 0 Å². The van der Waals surface area contributed by atoms with Gasteiger partial charge in [-0.1, -0.05) is 30.3 Å². The van der Waals surface area contributed by atoms with E-state index < -0.39 is 0 Å². The normalized spacial score (nSPS) is 10.2. The Kier molecular flexibility index (Phi) is 5.71. The van der Waals surface area contributed by atoms with E-state index >= 15 is 0 Å². The van der Waals surface area contributed by atoms with Crippen LogP contribution in [0.15, 0.2) is 30.3 Å². The maximum absolute atomic E-state index is 5.33.